The van der Waals surface area contributed by atoms with Gasteiger partial charge in [-0.2, -0.15) is 0 Å². The first-order valence-electron chi connectivity index (χ1n) is 11.3. The second-order valence-corrected chi connectivity index (χ2v) is 9.23. The highest BCUT2D eigenvalue weighted by molar-refractivity contribution is 7.99. The maximum Gasteiger partial charge on any atom is 0.269 e. The van der Waals surface area contributed by atoms with E-state index in [2.05, 4.69) is 5.32 Å². The molecular formula is C27H29N3O4S. The lowest BCUT2D eigenvalue weighted by molar-refractivity contribution is -0.384. The number of nitrogens with one attached hydrogen (secondary N) is 1. The quantitative estimate of drug-likeness (QED) is 0.314. The van der Waals surface area contributed by atoms with E-state index in [0.717, 1.165) is 22.3 Å². The molecule has 0 spiro atoms. The van der Waals surface area contributed by atoms with E-state index < -0.39 is 11.0 Å². The van der Waals surface area contributed by atoms with Crippen molar-refractivity contribution in [1.82, 2.24) is 10.2 Å². The monoisotopic (exact) mass is 491 g/mol. The van der Waals surface area contributed by atoms with Gasteiger partial charge in [0, 0.05) is 37.9 Å². The average Bonchev–Trinajstić information content (AvgIpc) is 2.87. The fraction of sp³-hybridized carbons (Fsp3) is 0.259. The molecule has 0 bridgehead atoms. The molecule has 2 amide bonds. The molecule has 3 rings (SSSR count). The molecule has 1 N–H and O–H groups in total. The number of carbonyl (C=O) groups excluding carboxylic acids is 2. The molecule has 0 unspecified atom stereocenters. The van der Waals surface area contributed by atoms with E-state index in [4.69, 9.17) is 0 Å². The normalized spacial score (nSPS) is 11.5. The summed E-state index contributed by atoms with van der Waals surface area (Å²) in [4.78, 5) is 38.4. The highest BCUT2D eigenvalue weighted by atomic mass is 32.2. The van der Waals surface area contributed by atoms with Gasteiger partial charge >= 0.3 is 0 Å². The highest BCUT2D eigenvalue weighted by Crippen LogP contribution is 2.20. The predicted octanol–water partition coefficient (Wildman–Crippen LogP) is 4.52. The summed E-state index contributed by atoms with van der Waals surface area (Å²) in [6.07, 6.45) is 0.408. The number of nitro groups is 1. The highest BCUT2D eigenvalue weighted by Gasteiger charge is 2.29. The summed E-state index contributed by atoms with van der Waals surface area (Å²) in [7, 11) is 1.58. The van der Waals surface area contributed by atoms with Crippen molar-refractivity contribution in [2.75, 3.05) is 12.8 Å². The van der Waals surface area contributed by atoms with Crippen molar-refractivity contribution in [2.24, 2.45) is 0 Å². The van der Waals surface area contributed by atoms with Crippen LogP contribution in [0.4, 0.5) is 5.69 Å². The van der Waals surface area contributed by atoms with E-state index in [1.54, 1.807) is 24.1 Å². The lowest BCUT2D eigenvalue weighted by Gasteiger charge is -2.31. The van der Waals surface area contributed by atoms with Crippen LogP contribution in [0.1, 0.15) is 22.3 Å². The summed E-state index contributed by atoms with van der Waals surface area (Å²) in [5.74, 6) is 0.369. The SMILES string of the molecule is CNC(=O)[C@@H](Cc1ccccc1)N(Cc1ccc(C)cc1)C(=O)CSCc1ccc([N+](=O)[O-])cc1. The summed E-state index contributed by atoms with van der Waals surface area (Å²) in [6.45, 7) is 2.33. The standard InChI is InChI=1S/C27H29N3O4S/c1-20-8-10-22(11-9-20)17-29(25(27(32)28-2)16-21-6-4-3-5-7-21)26(31)19-35-18-23-12-14-24(15-13-23)30(33)34/h3-15,25H,16-19H2,1-2H3,(H,28,32)/t25-/m1/s1. The number of thioether (sulfide) groups is 1. The third-order valence-corrected chi connectivity index (χ3v) is 6.62. The van der Waals surface area contributed by atoms with E-state index in [0.29, 0.717) is 18.7 Å². The number of benzene rings is 3. The second-order valence-electron chi connectivity index (χ2n) is 8.24. The molecule has 0 saturated carbocycles. The molecule has 35 heavy (non-hydrogen) atoms. The zero-order chi connectivity index (χ0) is 25.2. The minimum Gasteiger partial charge on any atom is -0.357 e. The molecule has 7 nitrogen and oxygen atoms in total. The molecule has 182 valence electrons. The van der Waals surface area contributed by atoms with Gasteiger partial charge in [0.1, 0.15) is 6.04 Å². The number of non-ortho nitro benzene ring substituents is 1. The van der Waals surface area contributed by atoms with Crippen LogP contribution in [-0.4, -0.2) is 40.5 Å². The smallest absolute Gasteiger partial charge is 0.269 e. The average molecular weight is 492 g/mol. The number of nitrogens with zero attached hydrogens (tertiary/aromatic N) is 2. The van der Waals surface area contributed by atoms with E-state index in [-0.39, 0.29) is 23.3 Å². The molecule has 0 aliphatic heterocycles. The van der Waals surface area contributed by atoms with Gasteiger partial charge in [-0.1, -0.05) is 72.3 Å². The van der Waals surface area contributed by atoms with E-state index in [1.807, 2.05) is 61.5 Å². The fourth-order valence-corrected chi connectivity index (χ4v) is 4.53. The van der Waals surface area contributed by atoms with Crippen molar-refractivity contribution in [3.63, 3.8) is 0 Å². The minimum atomic E-state index is -0.656. The Morgan fingerprint density at radius 2 is 1.57 bits per heavy atom. The van der Waals surface area contributed by atoms with Crippen LogP contribution in [0, 0.1) is 17.0 Å². The minimum absolute atomic E-state index is 0.0356. The molecule has 0 fully saturated rings. The molecule has 8 heteroatoms. The van der Waals surface area contributed by atoms with Crippen LogP contribution in [0.2, 0.25) is 0 Å². The molecule has 0 heterocycles. The molecule has 0 aliphatic carbocycles. The van der Waals surface area contributed by atoms with Crippen molar-refractivity contribution in [2.45, 2.75) is 31.7 Å². The fourth-order valence-electron chi connectivity index (χ4n) is 3.66. The number of carbonyl (C=O) groups is 2. The van der Waals surface area contributed by atoms with Crippen molar-refractivity contribution < 1.29 is 14.5 Å². The Morgan fingerprint density at radius 3 is 2.17 bits per heavy atom. The number of rotatable bonds is 11. The Balaban J connectivity index is 1.77. The number of nitro benzene ring substituents is 1. The largest absolute Gasteiger partial charge is 0.357 e. The van der Waals surface area contributed by atoms with Gasteiger partial charge in [-0.15, -0.1) is 11.8 Å². The van der Waals surface area contributed by atoms with Gasteiger partial charge < -0.3 is 10.2 Å². The zero-order valence-electron chi connectivity index (χ0n) is 19.8. The summed E-state index contributed by atoms with van der Waals surface area (Å²) < 4.78 is 0. The molecule has 3 aromatic carbocycles. The van der Waals surface area contributed by atoms with Crippen LogP contribution in [0.25, 0.3) is 0 Å². The number of hydrogen-bond donors (Lipinski definition) is 1. The van der Waals surface area contributed by atoms with Crippen LogP contribution in [0.3, 0.4) is 0 Å². The van der Waals surface area contributed by atoms with Gasteiger partial charge in [-0.05, 0) is 23.6 Å². The van der Waals surface area contributed by atoms with Gasteiger partial charge in [0.2, 0.25) is 11.8 Å². The Bertz CT molecular complexity index is 1140. The topological polar surface area (TPSA) is 92.6 Å². The molecule has 0 saturated heterocycles. The third kappa shape index (κ3) is 7.68. The van der Waals surface area contributed by atoms with Gasteiger partial charge in [0.25, 0.3) is 5.69 Å². The van der Waals surface area contributed by atoms with Crippen molar-refractivity contribution in [3.05, 3.63) is 111 Å². The first-order chi connectivity index (χ1) is 16.9. The molecule has 0 radical (unpaired) electrons. The maximum absolute atomic E-state index is 13.4. The first-order valence-corrected chi connectivity index (χ1v) is 12.4. The number of amides is 2. The van der Waals surface area contributed by atoms with Crippen LogP contribution >= 0.6 is 11.8 Å². The van der Waals surface area contributed by atoms with Gasteiger partial charge in [0.05, 0.1) is 10.7 Å². The molecule has 0 aliphatic rings. The van der Waals surface area contributed by atoms with Crippen molar-refractivity contribution in [1.29, 1.82) is 0 Å². The van der Waals surface area contributed by atoms with E-state index in [9.17, 15) is 19.7 Å². The summed E-state index contributed by atoms with van der Waals surface area (Å²) >= 11 is 1.42. The second kappa shape index (κ2) is 12.7. The van der Waals surface area contributed by atoms with Gasteiger partial charge in [-0.3, -0.25) is 19.7 Å². The lowest BCUT2D eigenvalue weighted by Crippen LogP contribution is -2.50. The van der Waals surface area contributed by atoms with Gasteiger partial charge in [-0.25, -0.2) is 0 Å². The van der Waals surface area contributed by atoms with Crippen molar-refractivity contribution >= 4 is 29.3 Å². The first kappa shape index (κ1) is 26.0. The van der Waals surface area contributed by atoms with Crippen LogP contribution in [-0.2, 0) is 28.3 Å². The predicted molar refractivity (Wildman–Crippen MR) is 139 cm³/mol. The summed E-state index contributed by atoms with van der Waals surface area (Å²) in [5, 5.41) is 13.6. The van der Waals surface area contributed by atoms with Crippen LogP contribution < -0.4 is 5.32 Å². The summed E-state index contributed by atoms with van der Waals surface area (Å²) in [5.41, 5.74) is 3.98. The van der Waals surface area contributed by atoms with E-state index in [1.165, 1.54) is 23.9 Å². The Kier molecular flexibility index (Phi) is 9.43. The Labute approximate surface area is 209 Å². The molecule has 3 aromatic rings. The molecular weight excluding hydrogens is 462 g/mol. The lowest BCUT2D eigenvalue weighted by atomic mass is 10.0. The molecule has 0 aromatic heterocycles. The molecule has 1 atom stereocenters. The van der Waals surface area contributed by atoms with Gasteiger partial charge in [0.15, 0.2) is 0 Å². The van der Waals surface area contributed by atoms with Crippen LogP contribution in [0.15, 0.2) is 78.9 Å². The Morgan fingerprint density at radius 1 is 0.943 bits per heavy atom. The number of likely N-dealkylation sites (N-methyl/N-ethyl adjacent to an activating group) is 1. The Hall–Kier alpha value is -3.65. The third-order valence-electron chi connectivity index (χ3n) is 5.63. The number of hydrogen-bond acceptors (Lipinski definition) is 5. The van der Waals surface area contributed by atoms with Crippen LogP contribution in [0.5, 0.6) is 0 Å². The van der Waals surface area contributed by atoms with Crippen molar-refractivity contribution in [3.8, 4) is 0 Å². The van der Waals surface area contributed by atoms with E-state index >= 15 is 0 Å². The number of aryl methyl sites for hydroxylation is 1. The maximum atomic E-state index is 13.4. The summed E-state index contributed by atoms with van der Waals surface area (Å²) in [6, 6.07) is 23.3. The zero-order valence-corrected chi connectivity index (χ0v) is 20.7.